The molecule has 0 unspecified atom stereocenters. The monoisotopic (exact) mass is 201 g/mol. The number of nitrogens with one attached hydrogen (secondary N) is 2. The van der Waals surface area contributed by atoms with Crippen molar-refractivity contribution in [3.8, 4) is 0 Å². The van der Waals surface area contributed by atoms with E-state index in [1.807, 2.05) is 0 Å². The first-order valence-corrected chi connectivity index (χ1v) is 5.31. The molecule has 0 saturated carbocycles. The molecule has 0 radical (unpaired) electrons. The van der Waals surface area contributed by atoms with Crippen LogP contribution in [0.4, 0.5) is 9.52 Å². The van der Waals surface area contributed by atoms with Crippen LogP contribution in [0.5, 0.6) is 0 Å². The van der Waals surface area contributed by atoms with Crippen molar-refractivity contribution in [2.45, 2.75) is 18.9 Å². The largest absolute Gasteiger partial charge is 0.359 e. The molecule has 13 heavy (non-hydrogen) atoms. The zero-order chi connectivity index (χ0) is 9.10. The van der Waals surface area contributed by atoms with Crippen LogP contribution in [0, 0.1) is 5.95 Å². The van der Waals surface area contributed by atoms with Gasteiger partial charge >= 0.3 is 0 Å². The van der Waals surface area contributed by atoms with Gasteiger partial charge in [-0.05, 0) is 25.9 Å². The Morgan fingerprint density at radius 2 is 2.31 bits per heavy atom. The molecule has 0 aromatic carbocycles. The maximum atomic E-state index is 12.5. The Morgan fingerprint density at radius 1 is 1.54 bits per heavy atom. The Labute approximate surface area is 80.4 Å². The van der Waals surface area contributed by atoms with Gasteiger partial charge in [-0.25, -0.2) is 0 Å². The Balaban J connectivity index is 1.89. The van der Waals surface area contributed by atoms with E-state index in [1.54, 1.807) is 0 Å². The first-order valence-electron chi connectivity index (χ1n) is 4.43. The summed E-state index contributed by atoms with van der Waals surface area (Å²) in [4.78, 5) is 3.73. The van der Waals surface area contributed by atoms with Crippen molar-refractivity contribution in [2.75, 3.05) is 18.4 Å². The van der Waals surface area contributed by atoms with E-state index < -0.39 is 0 Å². The normalized spacial score (nSPS) is 18.8. The maximum absolute atomic E-state index is 12.5. The first-order chi connectivity index (χ1) is 6.34. The van der Waals surface area contributed by atoms with Gasteiger partial charge in [0.1, 0.15) is 0 Å². The predicted molar refractivity (Wildman–Crippen MR) is 51.6 cm³/mol. The van der Waals surface area contributed by atoms with Gasteiger partial charge in [-0.15, -0.1) is 11.3 Å². The number of hydrogen-bond donors (Lipinski definition) is 2. The lowest BCUT2D eigenvalue weighted by Gasteiger charge is -2.23. The van der Waals surface area contributed by atoms with E-state index in [0.717, 1.165) is 25.9 Å². The number of hydrogen-bond acceptors (Lipinski definition) is 4. The number of thiazole rings is 1. The molecule has 72 valence electrons. The van der Waals surface area contributed by atoms with Gasteiger partial charge in [-0.2, -0.15) is 9.37 Å². The molecule has 0 amide bonds. The van der Waals surface area contributed by atoms with E-state index in [-0.39, 0.29) is 5.95 Å². The molecule has 2 rings (SSSR count). The molecule has 1 fully saturated rings. The zero-order valence-corrected chi connectivity index (χ0v) is 8.03. The lowest BCUT2D eigenvalue weighted by atomic mass is 10.1. The van der Waals surface area contributed by atoms with Crippen molar-refractivity contribution in [1.82, 2.24) is 10.3 Å². The summed E-state index contributed by atoms with van der Waals surface area (Å²) in [5.74, 6) is -0.388. The second-order valence-electron chi connectivity index (χ2n) is 3.14. The van der Waals surface area contributed by atoms with Crippen LogP contribution in [0.1, 0.15) is 12.8 Å². The Bertz CT molecular complexity index is 270. The van der Waals surface area contributed by atoms with Crippen molar-refractivity contribution < 1.29 is 4.39 Å². The Morgan fingerprint density at radius 3 is 2.92 bits per heavy atom. The Hall–Kier alpha value is -0.680. The summed E-state index contributed by atoms with van der Waals surface area (Å²) >= 11 is 1.33. The highest BCUT2D eigenvalue weighted by molar-refractivity contribution is 7.13. The number of piperidine rings is 1. The summed E-state index contributed by atoms with van der Waals surface area (Å²) < 4.78 is 12.5. The molecule has 1 aliphatic heterocycles. The molecule has 3 nitrogen and oxygen atoms in total. The molecule has 1 aliphatic rings. The summed E-state index contributed by atoms with van der Waals surface area (Å²) in [6.45, 7) is 2.07. The van der Waals surface area contributed by atoms with Gasteiger partial charge in [0, 0.05) is 11.4 Å². The highest BCUT2D eigenvalue weighted by Crippen LogP contribution is 2.17. The van der Waals surface area contributed by atoms with Gasteiger partial charge in [0.25, 0.3) is 0 Å². The number of aromatic nitrogens is 1. The fraction of sp³-hybridized carbons (Fsp3) is 0.625. The highest BCUT2D eigenvalue weighted by Gasteiger charge is 2.13. The average Bonchev–Trinajstić information content (AvgIpc) is 2.53. The van der Waals surface area contributed by atoms with E-state index in [2.05, 4.69) is 15.6 Å². The summed E-state index contributed by atoms with van der Waals surface area (Å²) in [5, 5.41) is 8.62. The minimum absolute atomic E-state index is 0.388. The summed E-state index contributed by atoms with van der Waals surface area (Å²) in [5.41, 5.74) is 0. The van der Waals surface area contributed by atoms with E-state index in [9.17, 15) is 4.39 Å². The van der Waals surface area contributed by atoms with Gasteiger partial charge in [0.05, 0.1) is 0 Å². The van der Waals surface area contributed by atoms with Gasteiger partial charge in [0.2, 0.25) is 5.95 Å². The molecule has 0 spiro atoms. The summed E-state index contributed by atoms with van der Waals surface area (Å²) in [6.07, 6.45) is 2.17. The minimum atomic E-state index is -0.388. The van der Waals surface area contributed by atoms with Gasteiger partial charge in [-0.3, -0.25) is 0 Å². The fourth-order valence-corrected chi connectivity index (χ4v) is 2.10. The molecular formula is C8H12FN3S. The van der Waals surface area contributed by atoms with Crippen molar-refractivity contribution in [3.63, 3.8) is 0 Å². The van der Waals surface area contributed by atoms with Crippen molar-refractivity contribution in [1.29, 1.82) is 0 Å². The highest BCUT2D eigenvalue weighted by atomic mass is 32.1. The van der Waals surface area contributed by atoms with E-state index in [1.165, 1.54) is 16.7 Å². The summed E-state index contributed by atoms with van der Waals surface area (Å²) in [6, 6.07) is 0.451. The van der Waals surface area contributed by atoms with Crippen LogP contribution in [0.25, 0.3) is 0 Å². The lowest BCUT2D eigenvalue weighted by molar-refractivity contribution is 0.478. The standard InChI is InChI=1S/C8H12FN3S/c9-7-5-13-8(12-7)11-6-1-3-10-4-2-6/h5-6,10H,1-4H2,(H,11,12). The molecule has 0 bridgehead atoms. The van der Waals surface area contributed by atoms with Crippen LogP contribution in [0.3, 0.4) is 0 Å². The van der Waals surface area contributed by atoms with E-state index in [4.69, 9.17) is 0 Å². The van der Waals surface area contributed by atoms with Crippen LogP contribution in [0.2, 0.25) is 0 Å². The maximum Gasteiger partial charge on any atom is 0.225 e. The van der Waals surface area contributed by atoms with Gasteiger partial charge < -0.3 is 10.6 Å². The first kappa shape index (κ1) is 8.90. The van der Waals surface area contributed by atoms with Crippen LogP contribution in [0.15, 0.2) is 5.38 Å². The molecule has 2 heterocycles. The Kier molecular flexibility index (Phi) is 2.75. The second-order valence-corrected chi connectivity index (χ2v) is 4.00. The van der Waals surface area contributed by atoms with Crippen LogP contribution in [-0.4, -0.2) is 24.1 Å². The predicted octanol–water partition coefficient (Wildman–Crippen LogP) is 1.45. The summed E-state index contributed by atoms with van der Waals surface area (Å²) in [7, 11) is 0. The number of nitrogens with zero attached hydrogens (tertiary/aromatic N) is 1. The van der Waals surface area contributed by atoms with Crippen LogP contribution in [-0.2, 0) is 0 Å². The smallest absolute Gasteiger partial charge is 0.225 e. The van der Waals surface area contributed by atoms with E-state index >= 15 is 0 Å². The third kappa shape index (κ3) is 2.38. The minimum Gasteiger partial charge on any atom is -0.359 e. The van der Waals surface area contributed by atoms with Crippen molar-refractivity contribution >= 4 is 16.5 Å². The molecule has 1 aromatic heterocycles. The number of halogens is 1. The quantitative estimate of drug-likeness (QED) is 0.760. The molecule has 0 aliphatic carbocycles. The van der Waals surface area contributed by atoms with E-state index in [0.29, 0.717) is 11.2 Å². The average molecular weight is 201 g/mol. The third-order valence-corrected chi connectivity index (χ3v) is 2.89. The van der Waals surface area contributed by atoms with Gasteiger partial charge in [0.15, 0.2) is 5.13 Å². The number of rotatable bonds is 2. The van der Waals surface area contributed by atoms with Gasteiger partial charge in [-0.1, -0.05) is 0 Å². The van der Waals surface area contributed by atoms with Crippen molar-refractivity contribution in [3.05, 3.63) is 11.3 Å². The molecular weight excluding hydrogens is 189 g/mol. The molecule has 5 heteroatoms. The fourth-order valence-electron chi connectivity index (χ4n) is 1.46. The molecule has 0 atom stereocenters. The third-order valence-electron chi connectivity index (χ3n) is 2.14. The molecule has 1 saturated heterocycles. The lowest BCUT2D eigenvalue weighted by Crippen LogP contribution is -2.35. The zero-order valence-electron chi connectivity index (χ0n) is 7.22. The van der Waals surface area contributed by atoms with Crippen molar-refractivity contribution in [2.24, 2.45) is 0 Å². The second kappa shape index (κ2) is 4.02. The van der Waals surface area contributed by atoms with Crippen LogP contribution < -0.4 is 10.6 Å². The van der Waals surface area contributed by atoms with Crippen LogP contribution >= 0.6 is 11.3 Å². The molecule has 1 aromatic rings. The number of anilines is 1. The SMILES string of the molecule is Fc1csc(NC2CCNCC2)n1. The topological polar surface area (TPSA) is 37.0 Å². The molecule has 2 N–H and O–H groups in total.